The number of hydrogen-bond donors (Lipinski definition) is 1. The summed E-state index contributed by atoms with van der Waals surface area (Å²) in [6, 6.07) is 0. The molecule has 0 aromatic carbocycles. The van der Waals surface area contributed by atoms with Gasteiger partial charge in [-0.3, -0.25) is 4.68 Å². The Labute approximate surface area is 104 Å². The maximum atomic E-state index is 4.27. The standard InChI is InChI=1S/C13H24N4/c1-2-17-12-13(11-15-17)10-14-6-9-16-7-4-3-5-8-16/h11-12,14H,2-10H2,1H3. The molecular weight excluding hydrogens is 212 g/mol. The molecule has 96 valence electrons. The normalized spacial score (nSPS) is 17.5. The molecule has 17 heavy (non-hydrogen) atoms. The lowest BCUT2D eigenvalue weighted by molar-refractivity contribution is 0.229. The van der Waals surface area contributed by atoms with E-state index in [1.165, 1.54) is 44.5 Å². The molecule has 2 heterocycles. The molecule has 1 N–H and O–H groups in total. The smallest absolute Gasteiger partial charge is 0.0534 e. The van der Waals surface area contributed by atoms with Gasteiger partial charge in [0.15, 0.2) is 0 Å². The first-order valence-corrected chi connectivity index (χ1v) is 6.83. The molecule has 0 saturated carbocycles. The number of hydrogen-bond acceptors (Lipinski definition) is 3. The van der Waals surface area contributed by atoms with Crippen LogP contribution in [-0.2, 0) is 13.1 Å². The Morgan fingerprint density at radius 3 is 2.82 bits per heavy atom. The number of aromatic nitrogens is 2. The second-order valence-electron chi connectivity index (χ2n) is 4.78. The first-order valence-electron chi connectivity index (χ1n) is 6.83. The van der Waals surface area contributed by atoms with Crippen LogP contribution in [0.4, 0.5) is 0 Å². The number of nitrogens with one attached hydrogen (secondary N) is 1. The SMILES string of the molecule is CCn1cc(CNCCN2CCCCC2)cn1. The molecule has 0 aliphatic carbocycles. The Hall–Kier alpha value is -0.870. The monoisotopic (exact) mass is 236 g/mol. The van der Waals surface area contributed by atoms with Gasteiger partial charge in [0.1, 0.15) is 0 Å². The molecule has 1 aromatic rings. The van der Waals surface area contributed by atoms with Crippen LogP contribution in [0, 0.1) is 0 Å². The Morgan fingerprint density at radius 2 is 2.12 bits per heavy atom. The van der Waals surface area contributed by atoms with E-state index in [0.717, 1.165) is 19.6 Å². The van der Waals surface area contributed by atoms with Gasteiger partial charge in [-0.2, -0.15) is 5.10 Å². The summed E-state index contributed by atoms with van der Waals surface area (Å²) in [5.41, 5.74) is 1.28. The molecule has 0 unspecified atom stereocenters. The number of likely N-dealkylation sites (tertiary alicyclic amines) is 1. The molecule has 4 heteroatoms. The molecule has 1 aliphatic heterocycles. The summed E-state index contributed by atoms with van der Waals surface area (Å²) in [6.45, 7) is 8.84. The third-order valence-electron chi connectivity index (χ3n) is 3.39. The van der Waals surface area contributed by atoms with Gasteiger partial charge in [-0.05, 0) is 32.9 Å². The van der Waals surface area contributed by atoms with E-state index in [9.17, 15) is 0 Å². The van der Waals surface area contributed by atoms with E-state index in [2.05, 4.69) is 28.4 Å². The lowest BCUT2D eigenvalue weighted by atomic mass is 10.1. The Morgan fingerprint density at radius 1 is 1.29 bits per heavy atom. The summed E-state index contributed by atoms with van der Waals surface area (Å²) in [7, 11) is 0. The van der Waals surface area contributed by atoms with Crippen LogP contribution in [0.5, 0.6) is 0 Å². The number of aryl methyl sites for hydroxylation is 1. The van der Waals surface area contributed by atoms with E-state index in [4.69, 9.17) is 0 Å². The van der Waals surface area contributed by atoms with Crippen molar-refractivity contribution in [3.8, 4) is 0 Å². The van der Waals surface area contributed by atoms with Crippen molar-refractivity contribution in [1.82, 2.24) is 20.0 Å². The maximum absolute atomic E-state index is 4.27. The van der Waals surface area contributed by atoms with E-state index < -0.39 is 0 Å². The van der Waals surface area contributed by atoms with Crippen molar-refractivity contribution in [2.24, 2.45) is 0 Å². The highest BCUT2D eigenvalue weighted by Gasteiger charge is 2.08. The average Bonchev–Trinajstić information content (AvgIpc) is 2.84. The van der Waals surface area contributed by atoms with Crippen molar-refractivity contribution in [2.75, 3.05) is 26.2 Å². The quantitative estimate of drug-likeness (QED) is 0.760. The van der Waals surface area contributed by atoms with Crippen molar-refractivity contribution in [2.45, 2.75) is 39.3 Å². The Balaban J connectivity index is 1.59. The molecule has 0 bridgehead atoms. The van der Waals surface area contributed by atoms with Crippen molar-refractivity contribution < 1.29 is 0 Å². The van der Waals surface area contributed by atoms with Crippen LogP contribution in [0.2, 0.25) is 0 Å². The molecule has 0 amide bonds. The van der Waals surface area contributed by atoms with Crippen LogP contribution in [0.25, 0.3) is 0 Å². The van der Waals surface area contributed by atoms with E-state index in [-0.39, 0.29) is 0 Å². The topological polar surface area (TPSA) is 33.1 Å². The highest BCUT2D eigenvalue weighted by Crippen LogP contribution is 2.07. The van der Waals surface area contributed by atoms with Crippen molar-refractivity contribution in [1.29, 1.82) is 0 Å². The molecule has 1 aliphatic rings. The summed E-state index contributed by atoms with van der Waals surface area (Å²) in [5.74, 6) is 0. The van der Waals surface area contributed by atoms with E-state index in [1.807, 2.05) is 10.9 Å². The van der Waals surface area contributed by atoms with Crippen molar-refractivity contribution >= 4 is 0 Å². The number of rotatable bonds is 6. The fourth-order valence-electron chi connectivity index (χ4n) is 2.32. The minimum absolute atomic E-state index is 0.938. The van der Waals surface area contributed by atoms with E-state index in [1.54, 1.807) is 0 Å². The first-order chi connectivity index (χ1) is 8.38. The fraction of sp³-hybridized carbons (Fsp3) is 0.769. The van der Waals surface area contributed by atoms with Crippen LogP contribution in [0.1, 0.15) is 31.7 Å². The zero-order valence-corrected chi connectivity index (χ0v) is 10.9. The minimum atomic E-state index is 0.938. The third kappa shape index (κ3) is 4.13. The first kappa shape index (κ1) is 12.6. The van der Waals surface area contributed by atoms with Gasteiger partial charge in [0, 0.05) is 37.9 Å². The number of piperidine rings is 1. The molecule has 1 fully saturated rings. The predicted octanol–water partition coefficient (Wildman–Crippen LogP) is 1.48. The Bertz CT molecular complexity index is 315. The predicted molar refractivity (Wildman–Crippen MR) is 69.9 cm³/mol. The zero-order valence-electron chi connectivity index (χ0n) is 10.9. The second kappa shape index (κ2) is 6.77. The van der Waals surface area contributed by atoms with Gasteiger partial charge in [-0.15, -0.1) is 0 Å². The molecule has 0 atom stereocenters. The average molecular weight is 236 g/mol. The summed E-state index contributed by atoms with van der Waals surface area (Å²) in [4.78, 5) is 2.56. The second-order valence-corrected chi connectivity index (χ2v) is 4.78. The molecule has 0 spiro atoms. The molecular formula is C13H24N4. The molecule has 4 nitrogen and oxygen atoms in total. The summed E-state index contributed by atoms with van der Waals surface area (Å²) < 4.78 is 1.97. The molecule has 0 radical (unpaired) electrons. The zero-order chi connectivity index (χ0) is 11.9. The summed E-state index contributed by atoms with van der Waals surface area (Å²) in [5, 5.41) is 7.76. The van der Waals surface area contributed by atoms with Gasteiger partial charge in [0.05, 0.1) is 6.20 Å². The van der Waals surface area contributed by atoms with Crippen molar-refractivity contribution in [3.63, 3.8) is 0 Å². The lowest BCUT2D eigenvalue weighted by Gasteiger charge is -2.26. The van der Waals surface area contributed by atoms with Gasteiger partial charge >= 0.3 is 0 Å². The third-order valence-corrected chi connectivity index (χ3v) is 3.39. The maximum Gasteiger partial charge on any atom is 0.0534 e. The van der Waals surface area contributed by atoms with Crippen molar-refractivity contribution in [3.05, 3.63) is 18.0 Å². The van der Waals surface area contributed by atoms with Crippen LogP contribution in [0.3, 0.4) is 0 Å². The van der Waals surface area contributed by atoms with Gasteiger partial charge in [-0.25, -0.2) is 0 Å². The highest BCUT2D eigenvalue weighted by molar-refractivity contribution is 5.03. The van der Waals surface area contributed by atoms with Crippen LogP contribution in [0.15, 0.2) is 12.4 Å². The summed E-state index contributed by atoms with van der Waals surface area (Å²) >= 11 is 0. The van der Waals surface area contributed by atoms with E-state index in [0.29, 0.717) is 0 Å². The number of nitrogens with zero attached hydrogens (tertiary/aromatic N) is 3. The van der Waals surface area contributed by atoms with Crippen LogP contribution in [-0.4, -0.2) is 40.9 Å². The van der Waals surface area contributed by atoms with E-state index >= 15 is 0 Å². The largest absolute Gasteiger partial charge is 0.311 e. The van der Waals surface area contributed by atoms with Gasteiger partial charge in [0.2, 0.25) is 0 Å². The van der Waals surface area contributed by atoms with Gasteiger partial charge < -0.3 is 10.2 Å². The summed E-state index contributed by atoms with van der Waals surface area (Å²) in [6.07, 6.45) is 8.25. The van der Waals surface area contributed by atoms with Crippen LogP contribution < -0.4 is 5.32 Å². The molecule has 1 aromatic heterocycles. The minimum Gasteiger partial charge on any atom is -0.311 e. The molecule has 2 rings (SSSR count). The lowest BCUT2D eigenvalue weighted by Crippen LogP contribution is -2.35. The highest BCUT2D eigenvalue weighted by atomic mass is 15.3. The molecule has 1 saturated heterocycles. The van der Waals surface area contributed by atoms with Crippen LogP contribution >= 0.6 is 0 Å². The van der Waals surface area contributed by atoms with Gasteiger partial charge in [-0.1, -0.05) is 6.42 Å². The Kier molecular flexibility index (Phi) is 5.01. The van der Waals surface area contributed by atoms with Gasteiger partial charge in [0.25, 0.3) is 0 Å². The fourth-order valence-corrected chi connectivity index (χ4v) is 2.32.